The molecule has 0 spiro atoms. The molecule has 3 aromatic carbocycles. The molecule has 4 N–H and O–H groups in total. The van der Waals surface area contributed by atoms with E-state index in [1.165, 1.54) is 60.8 Å². The predicted octanol–water partition coefficient (Wildman–Crippen LogP) is 6.92. The summed E-state index contributed by atoms with van der Waals surface area (Å²) in [7, 11) is 0. The van der Waals surface area contributed by atoms with E-state index in [4.69, 9.17) is 27.9 Å². The van der Waals surface area contributed by atoms with E-state index >= 15 is 0 Å². The monoisotopic (exact) mass is 603 g/mol. The van der Waals surface area contributed by atoms with Crippen LogP contribution in [0.15, 0.2) is 85.1 Å². The maximum Gasteiger partial charge on any atom is 0.417 e. The summed E-state index contributed by atoms with van der Waals surface area (Å²) in [4.78, 5) is 40.9. The Morgan fingerprint density at radius 3 is 2.10 bits per heavy atom. The number of hydrogen-bond donors (Lipinski definition) is 4. The van der Waals surface area contributed by atoms with Gasteiger partial charge in [0.15, 0.2) is 0 Å². The summed E-state index contributed by atoms with van der Waals surface area (Å²) in [5.74, 6) is -0.722. The van der Waals surface area contributed by atoms with E-state index in [0.717, 1.165) is 12.1 Å². The van der Waals surface area contributed by atoms with Gasteiger partial charge in [0, 0.05) is 23.6 Å². The number of carbonyl (C=O) groups is 3. The number of nitrogens with zero attached hydrogens (tertiary/aromatic N) is 1. The van der Waals surface area contributed by atoms with Crippen molar-refractivity contribution in [3.8, 4) is 11.5 Å². The average molecular weight is 604 g/mol. The first kappa shape index (κ1) is 29.2. The van der Waals surface area contributed by atoms with Gasteiger partial charge in [-0.1, -0.05) is 35.3 Å². The number of benzene rings is 3. The molecule has 1 aromatic heterocycles. The SMILES string of the molecule is O=C(Nc1ccc(Oc2ccnc(C(=O)NNC(=O)c3ccccc3Cl)c2)cc1)Nc1ccc(Cl)c(C(F)(F)F)c1. The van der Waals surface area contributed by atoms with Crippen LogP contribution in [0.4, 0.5) is 29.3 Å². The Kier molecular flexibility index (Phi) is 8.95. The van der Waals surface area contributed by atoms with E-state index < -0.39 is 34.6 Å². The van der Waals surface area contributed by atoms with Gasteiger partial charge < -0.3 is 15.4 Å². The van der Waals surface area contributed by atoms with Gasteiger partial charge in [-0.3, -0.25) is 25.4 Å². The number of urea groups is 1. The third-order valence-corrected chi connectivity index (χ3v) is 5.91. The summed E-state index contributed by atoms with van der Waals surface area (Å²) >= 11 is 11.6. The van der Waals surface area contributed by atoms with E-state index in [0.29, 0.717) is 11.4 Å². The number of alkyl halides is 3. The second-order valence-electron chi connectivity index (χ2n) is 8.16. The normalized spacial score (nSPS) is 10.9. The van der Waals surface area contributed by atoms with Crippen LogP contribution in [-0.2, 0) is 6.18 Å². The molecule has 0 aliphatic rings. The number of hydrazine groups is 1. The third kappa shape index (κ3) is 7.87. The molecule has 0 aliphatic carbocycles. The number of nitrogens with one attached hydrogen (secondary N) is 4. The zero-order chi connectivity index (χ0) is 29.6. The first-order chi connectivity index (χ1) is 19.5. The van der Waals surface area contributed by atoms with Gasteiger partial charge in [-0.2, -0.15) is 13.2 Å². The fraction of sp³-hybridized carbons (Fsp3) is 0.0370. The number of halogens is 5. The fourth-order valence-electron chi connectivity index (χ4n) is 3.35. The van der Waals surface area contributed by atoms with Gasteiger partial charge in [0.25, 0.3) is 11.8 Å². The van der Waals surface area contributed by atoms with Crippen LogP contribution < -0.4 is 26.2 Å². The molecule has 9 nitrogen and oxygen atoms in total. The molecule has 0 bridgehead atoms. The molecular formula is C27H18Cl2F3N5O4. The zero-order valence-electron chi connectivity index (χ0n) is 20.6. The number of aromatic nitrogens is 1. The van der Waals surface area contributed by atoms with Crippen LogP contribution in [0.25, 0.3) is 0 Å². The standard InChI is InChI=1S/C27H18Cl2F3N5O4/c28-21-4-2-1-3-19(21)24(38)36-37-25(39)23-14-18(11-12-33-23)41-17-8-5-15(6-9-17)34-26(40)35-16-7-10-22(29)20(13-16)27(30,31)32/h1-14H,(H,36,38)(H,37,39)(H2,34,35,40). The summed E-state index contributed by atoms with van der Waals surface area (Å²) in [6.07, 6.45) is -3.34. The molecule has 4 rings (SSSR count). The Hall–Kier alpha value is -4.81. The number of ether oxygens (including phenoxy) is 1. The van der Waals surface area contributed by atoms with E-state index in [1.807, 2.05) is 0 Å². The molecule has 210 valence electrons. The van der Waals surface area contributed by atoms with E-state index in [-0.39, 0.29) is 27.7 Å². The lowest BCUT2D eigenvalue weighted by Gasteiger charge is -2.13. The lowest BCUT2D eigenvalue weighted by atomic mass is 10.2. The van der Waals surface area contributed by atoms with Gasteiger partial charge in [-0.25, -0.2) is 4.79 Å². The van der Waals surface area contributed by atoms with Crippen LogP contribution in [0.5, 0.6) is 11.5 Å². The van der Waals surface area contributed by atoms with Gasteiger partial charge in [0.2, 0.25) is 0 Å². The van der Waals surface area contributed by atoms with Crippen molar-refractivity contribution in [2.75, 3.05) is 10.6 Å². The van der Waals surface area contributed by atoms with Crippen LogP contribution in [-0.4, -0.2) is 22.8 Å². The molecule has 0 aliphatic heterocycles. The minimum atomic E-state index is -4.67. The molecule has 0 unspecified atom stereocenters. The Labute approximate surface area is 240 Å². The fourth-order valence-corrected chi connectivity index (χ4v) is 3.79. The van der Waals surface area contributed by atoms with Crippen molar-refractivity contribution in [2.24, 2.45) is 0 Å². The van der Waals surface area contributed by atoms with Crippen LogP contribution in [0.2, 0.25) is 10.0 Å². The summed E-state index contributed by atoms with van der Waals surface area (Å²) < 4.78 is 44.8. The number of hydrogen-bond acceptors (Lipinski definition) is 5. The second-order valence-corrected chi connectivity index (χ2v) is 8.98. The summed E-state index contributed by atoms with van der Waals surface area (Å²) in [6, 6.07) is 17.4. The maximum atomic E-state index is 13.0. The lowest BCUT2D eigenvalue weighted by Crippen LogP contribution is -2.42. The Morgan fingerprint density at radius 1 is 0.732 bits per heavy atom. The average Bonchev–Trinajstić information content (AvgIpc) is 2.93. The van der Waals surface area contributed by atoms with Crippen molar-refractivity contribution in [3.05, 3.63) is 112 Å². The molecule has 0 saturated heterocycles. The molecule has 1 heterocycles. The van der Waals surface area contributed by atoms with Crippen LogP contribution >= 0.6 is 23.2 Å². The van der Waals surface area contributed by atoms with Gasteiger partial charge in [-0.15, -0.1) is 0 Å². The van der Waals surface area contributed by atoms with Crippen LogP contribution in [0.1, 0.15) is 26.4 Å². The maximum absolute atomic E-state index is 13.0. The number of amides is 4. The van der Waals surface area contributed by atoms with Crippen LogP contribution in [0.3, 0.4) is 0 Å². The Balaban J connectivity index is 1.32. The highest BCUT2D eigenvalue weighted by Crippen LogP contribution is 2.36. The molecular weight excluding hydrogens is 586 g/mol. The van der Waals surface area contributed by atoms with Crippen molar-refractivity contribution in [1.82, 2.24) is 15.8 Å². The van der Waals surface area contributed by atoms with E-state index in [9.17, 15) is 27.6 Å². The first-order valence-corrected chi connectivity index (χ1v) is 12.3. The highest BCUT2D eigenvalue weighted by atomic mass is 35.5. The van der Waals surface area contributed by atoms with Gasteiger partial charge in [0.1, 0.15) is 17.2 Å². The smallest absolute Gasteiger partial charge is 0.417 e. The first-order valence-electron chi connectivity index (χ1n) is 11.5. The number of carbonyl (C=O) groups excluding carboxylic acids is 3. The minimum absolute atomic E-state index is 0.0483. The molecule has 41 heavy (non-hydrogen) atoms. The van der Waals surface area contributed by atoms with E-state index in [2.05, 4.69) is 26.5 Å². The summed E-state index contributed by atoms with van der Waals surface area (Å²) in [6.45, 7) is 0. The largest absolute Gasteiger partial charge is 0.457 e. The van der Waals surface area contributed by atoms with Crippen molar-refractivity contribution >= 4 is 52.4 Å². The Bertz CT molecular complexity index is 1600. The molecule has 0 atom stereocenters. The van der Waals surface area contributed by atoms with Gasteiger partial charge in [0.05, 0.1) is 21.2 Å². The molecule has 0 fully saturated rings. The highest BCUT2D eigenvalue weighted by molar-refractivity contribution is 6.33. The highest BCUT2D eigenvalue weighted by Gasteiger charge is 2.33. The molecule has 4 aromatic rings. The minimum Gasteiger partial charge on any atom is -0.457 e. The number of pyridine rings is 1. The van der Waals surface area contributed by atoms with Crippen molar-refractivity contribution in [1.29, 1.82) is 0 Å². The second kappa shape index (κ2) is 12.6. The molecule has 0 saturated carbocycles. The summed E-state index contributed by atoms with van der Waals surface area (Å²) in [5.41, 5.74) is 3.79. The van der Waals surface area contributed by atoms with Crippen molar-refractivity contribution in [3.63, 3.8) is 0 Å². The van der Waals surface area contributed by atoms with Crippen molar-refractivity contribution < 1.29 is 32.3 Å². The topological polar surface area (TPSA) is 121 Å². The lowest BCUT2D eigenvalue weighted by molar-refractivity contribution is -0.137. The van der Waals surface area contributed by atoms with Crippen LogP contribution in [0, 0.1) is 0 Å². The third-order valence-electron chi connectivity index (χ3n) is 5.25. The predicted molar refractivity (Wildman–Crippen MR) is 146 cm³/mol. The molecule has 0 radical (unpaired) electrons. The number of anilines is 2. The van der Waals surface area contributed by atoms with Gasteiger partial charge in [-0.05, 0) is 60.7 Å². The zero-order valence-corrected chi connectivity index (χ0v) is 22.1. The summed E-state index contributed by atoms with van der Waals surface area (Å²) in [5, 5.41) is 4.54. The van der Waals surface area contributed by atoms with Crippen molar-refractivity contribution in [2.45, 2.75) is 6.18 Å². The Morgan fingerprint density at radius 2 is 1.39 bits per heavy atom. The quantitative estimate of drug-likeness (QED) is 0.178. The van der Waals surface area contributed by atoms with Gasteiger partial charge >= 0.3 is 12.2 Å². The molecule has 14 heteroatoms. The number of rotatable bonds is 6. The van der Waals surface area contributed by atoms with E-state index in [1.54, 1.807) is 12.1 Å². The molecule has 4 amide bonds.